The zero-order valence-corrected chi connectivity index (χ0v) is 21.6. The van der Waals surface area contributed by atoms with Gasteiger partial charge in [0.1, 0.15) is 11.6 Å². The Balaban J connectivity index is 1.20. The van der Waals surface area contributed by atoms with Gasteiger partial charge in [0, 0.05) is 67.0 Å². The van der Waals surface area contributed by atoms with Gasteiger partial charge in [0.25, 0.3) is 0 Å². The van der Waals surface area contributed by atoms with Gasteiger partial charge in [-0.3, -0.25) is 9.89 Å². The van der Waals surface area contributed by atoms with Gasteiger partial charge in [0.05, 0.1) is 0 Å². The van der Waals surface area contributed by atoms with E-state index in [1.54, 1.807) is 10.9 Å². The first kappa shape index (κ1) is 24.6. The Morgan fingerprint density at radius 2 is 1.97 bits per heavy atom. The number of ketones is 1. The molecule has 0 aliphatic carbocycles. The van der Waals surface area contributed by atoms with Crippen molar-refractivity contribution in [3.05, 3.63) is 65.9 Å². The van der Waals surface area contributed by atoms with Gasteiger partial charge in [-0.25, -0.2) is 14.6 Å². The van der Waals surface area contributed by atoms with Crippen molar-refractivity contribution in [1.29, 1.82) is 0 Å². The molecule has 0 radical (unpaired) electrons. The van der Waals surface area contributed by atoms with Crippen molar-refractivity contribution in [2.75, 3.05) is 23.3 Å². The molecule has 2 N–H and O–H groups in total. The average Bonchev–Trinajstić information content (AvgIpc) is 3.59. The predicted octanol–water partition coefficient (Wildman–Crippen LogP) is 4.34. The number of nitrogens with zero attached hydrogens (tertiary/aromatic N) is 7. The van der Waals surface area contributed by atoms with Gasteiger partial charge in [-0.2, -0.15) is 15.2 Å². The van der Waals surface area contributed by atoms with Crippen molar-refractivity contribution in [3.63, 3.8) is 0 Å². The molecular weight excluding hydrogens is 466 g/mol. The van der Waals surface area contributed by atoms with Gasteiger partial charge < -0.3 is 10.2 Å². The highest BCUT2D eigenvalue weighted by Gasteiger charge is 2.39. The maximum absolute atomic E-state index is 13.4. The second-order valence-corrected chi connectivity index (χ2v) is 9.78. The van der Waals surface area contributed by atoms with Crippen LogP contribution in [0.3, 0.4) is 0 Å². The standard InChI is InChI=1S/C27H33N9O/c1-4-27(22(37)8-6-21-7-9-25(28-18-21)36-13-5-12-29-36)10-14-35(15-11-27)26-30-19(2)16-23(32-26)31-24-17-20(3)33-34-24/h5,7,9,12-13,16-18H,4,6,8,10-11,14-15H2,1-3H3,(H2,30,31,32,33,34). The van der Waals surface area contributed by atoms with Crippen LogP contribution in [-0.4, -0.2) is 53.8 Å². The summed E-state index contributed by atoms with van der Waals surface area (Å²) in [7, 11) is 0. The van der Waals surface area contributed by atoms with Gasteiger partial charge in [0.15, 0.2) is 11.6 Å². The number of hydrogen-bond donors (Lipinski definition) is 2. The van der Waals surface area contributed by atoms with Crippen LogP contribution in [0.1, 0.15) is 49.6 Å². The smallest absolute Gasteiger partial charge is 0.227 e. The van der Waals surface area contributed by atoms with Crippen LogP contribution in [0.25, 0.3) is 5.82 Å². The van der Waals surface area contributed by atoms with Crippen LogP contribution in [0.5, 0.6) is 0 Å². The number of Topliss-reactive ketones (excluding diaryl/α,β-unsaturated/α-hetero) is 1. The van der Waals surface area contributed by atoms with Crippen LogP contribution in [-0.2, 0) is 11.2 Å². The number of carbonyl (C=O) groups excluding carboxylic acids is 1. The summed E-state index contributed by atoms with van der Waals surface area (Å²) in [5, 5.41) is 14.6. The number of aromatic amines is 1. The van der Waals surface area contributed by atoms with E-state index in [-0.39, 0.29) is 5.41 Å². The number of aryl methyl sites for hydroxylation is 3. The van der Waals surface area contributed by atoms with E-state index < -0.39 is 0 Å². The van der Waals surface area contributed by atoms with Crippen LogP contribution >= 0.6 is 0 Å². The molecule has 0 unspecified atom stereocenters. The maximum Gasteiger partial charge on any atom is 0.227 e. The van der Waals surface area contributed by atoms with E-state index >= 15 is 0 Å². The summed E-state index contributed by atoms with van der Waals surface area (Å²) in [5.74, 6) is 3.24. The molecule has 0 amide bonds. The third-order valence-corrected chi connectivity index (χ3v) is 7.27. The molecule has 1 fully saturated rings. The molecular formula is C27H33N9O. The van der Waals surface area contributed by atoms with Crippen molar-refractivity contribution < 1.29 is 4.79 Å². The van der Waals surface area contributed by atoms with E-state index in [1.165, 1.54) is 0 Å². The molecule has 0 saturated carbocycles. The molecule has 10 heteroatoms. The molecule has 5 heterocycles. The molecule has 1 aliphatic heterocycles. The lowest BCUT2D eigenvalue weighted by molar-refractivity contribution is -0.130. The third kappa shape index (κ3) is 5.52. The second-order valence-electron chi connectivity index (χ2n) is 9.78. The number of nitrogens with one attached hydrogen (secondary N) is 2. The summed E-state index contributed by atoms with van der Waals surface area (Å²) >= 11 is 0. The van der Waals surface area contributed by atoms with Gasteiger partial charge in [0.2, 0.25) is 5.95 Å². The summed E-state index contributed by atoms with van der Waals surface area (Å²) in [5.41, 5.74) is 2.63. The normalized spacial score (nSPS) is 15.1. The Labute approximate surface area is 216 Å². The van der Waals surface area contributed by atoms with E-state index in [1.807, 2.05) is 56.6 Å². The Kier molecular flexibility index (Phi) is 6.98. The molecule has 1 saturated heterocycles. The zero-order valence-electron chi connectivity index (χ0n) is 21.6. The summed E-state index contributed by atoms with van der Waals surface area (Å²) in [6, 6.07) is 9.69. The van der Waals surface area contributed by atoms with Gasteiger partial charge in [-0.1, -0.05) is 13.0 Å². The van der Waals surface area contributed by atoms with Gasteiger partial charge in [-0.05, 0) is 57.2 Å². The first-order valence-corrected chi connectivity index (χ1v) is 12.8. The molecule has 192 valence electrons. The largest absolute Gasteiger partial charge is 0.341 e. The molecule has 0 spiro atoms. The fraction of sp³-hybridized carbons (Fsp3) is 0.407. The van der Waals surface area contributed by atoms with E-state index in [0.29, 0.717) is 30.4 Å². The van der Waals surface area contributed by atoms with Gasteiger partial charge in [-0.15, -0.1) is 0 Å². The highest BCUT2D eigenvalue weighted by molar-refractivity contribution is 5.85. The highest BCUT2D eigenvalue weighted by Crippen LogP contribution is 2.38. The van der Waals surface area contributed by atoms with Crippen molar-refractivity contribution in [1.82, 2.24) is 34.9 Å². The zero-order chi connectivity index (χ0) is 25.8. The van der Waals surface area contributed by atoms with Crippen molar-refractivity contribution >= 4 is 23.4 Å². The van der Waals surface area contributed by atoms with Crippen LogP contribution in [0, 0.1) is 19.3 Å². The Hall–Kier alpha value is -4.08. The predicted molar refractivity (Wildman–Crippen MR) is 142 cm³/mol. The maximum atomic E-state index is 13.4. The first-order chi connectivity index (χ1) is 17.9. The Morgan fingerprint density at radius 3 is 2.62 bits per heavy atom. The van der Waals surface area contributed by atoms with Crippen molar-refractivity contribution in [2.45, 2.75) is 52.9 Å². The number of piperidine rings is 1. The van der Waals surface area contributed by atoms with Crippen molar-refractivity contribution in [2.24, 2.45) is 5.41 Å². The lowest BCUT2D eigenvalue weighted by Crippen LogP contribution is -2.45. The monoisotopic (exact) mass is 499 g/mol. The second kappa shape index (κ2) is 10.5. The fourth-order valence-electron chi connectivity index (χ4n) is 4.96. The number of aromatic nitrogens is 7. The molecule has 4 aromatic rings. The van der Waals surface area contributed by atoms with E-state index in [2.05, 4.69) is 42.4 Å². The van der Waals surface area contributed by atoms with Crippen LogP contribution in [0.2, 0.25) is 0 Å². The van der Waals surface area contributed by atoms with E-state index in [9.17, 15) is 4.79 Å². The number of H-pyrrole nitrogens is 1. The quantitative estimate of drug-likeness (QED) is 0.349. The Morgan fingerprint density at radius 1 is 1.14 bits per heavy atom. The van der Waals surface area contributed by atoms with Gasteiger partial charge >= 0.3 is 0 Å². The topological polar surface area (TPSA) is 118 Å². The number of pyridine rings is 1. The third-order valence-electron chi connectivity index (χ3n) is 7.27. The highest BCUT2D eigenvalue weighted by atomic mass is 16.1. The molecule has 0 aromatic carbocycles. The molecule has 0 atom stereocenters. The van der Waals surface area contributed by atoms with Crippen LogP contribution in [0.15, 0.2) is 48.9 Å². The molecule has 5 rings (SSSR count). The summed E-state index contributed by atoms with van der Waals surface area (Å²) in [6.07, 6.45) is 9.10. The lowest BCUT2D eigenvalue weighted by Gasteiger charge is -2.40. The van der Waals surface area contributed by atoms with Crippen molar-refractivity contribution in [3.8, 4) is 5.82 Å². The average molecular weight is 500 g/mol. The van der Waals surface area contributed by atoms with E-state index in [4.69, 9.17) is 4.98 Å². The van der Waals surface area contributed by atoms with E-state index in [0.717, 1.165) is 60.9 Å². The molecule has 4 aromatic heterocycles. The van der Waals surface area contributed by atoms with Crippen LogP contribution in [0.4, 0.5) is 17.6 Å². The molecule has 1 aliphatic rings. The molecule has 37 heavy (non-hydrogen) atoms. The molecule has 10 nitrogen and oxygen atoms in total. The summed E-state index contributed by atoms with van der Waals surface area (Å²) in [6.45, 7) is 7.56. The fourth-order valence-corrected chi connectivity index (χ4v) is 4.96. The number of carbonyl (C=O) groups is 1. The first-order valence-electron chi connectivity index (χ1n) is 12.8. The molecule has 0 bridgehead atoms. The lowest BCUT2D eigenvalue weighted by atomic mass is 9.71. The minimum absolute atomic E-state index is 0.295. The summed E-state index contributed by atoms with van der Waals surface area (Å²) < 4.78 is 1.73. The van der Waals surface area contributed by atoms with Crippen LogP contribution < -0.4 is 10.2 Å². The summed E-state index contributed by atoms with van der Waals surface area (Å²) in [4.78, 5) is 29.5. The number of rotatable bonds is 9. The minimum Gasteiger partial charge on any atom is -0.341 e. The SMILES string of the molecule is CCC1(C(=O)CCc2ccc(-n3cccn3)nc2)CCN(c2nc(C)cc(Nc3cc(C)[nH]n3)n2)CC1. The Bertz CT molecular complexity index is 1340. The minimum atomic E-state index is -0.295. The number of hydrogen-bond acceptors (Lipinski definition) is 8. The number of anilines is 3.